The molecule has 1 N–H and O–H groups in total. The zero-order chi connectivity index (χ0) is 10.6. The fraction of sp³-hybridized carbons (Fsp3) is 1.00. The lowest BCUT2D eigenvalue weighted by Crippen LogP contribution is -2.46. The van der Waals surface area contributed by atoms with E-state index in [-0.39, 0.29) is 0 Å². The molecule has 1 aliphatic rings. The highest BCUT2D eigenvalue weighted by atomic mass is 15.2. The van der Waals surface area contributed by atoms with Gasteiger partial charge in [0.15, 0.2) is 0 Å². The lowest BCUT2D eigenvalue weighted by molar-refractivity contribution is 0.108. The van der Waals surface area contributed by atoms with E-state index in [1.165, 1.54) is 32.5 Å². The predicted molar refractivity (Wildman–Crippen MR) is 62.6 cm³/mol. The molecular weight excluding hydrogens is 172 g/mol. The molecule has 84 valence electrons. The summed E-state index contributed by atoms with van der Waals surface area (Å²) in [5, 5.41) is 3.48. The Morgan fingerprint density at radius 3 is 2.71 bits per heavy atom. The first kappa shape index (κ1) is 12.0. The molecule has 1 heterocycles. The monoisotopic (exact) mass is 198 g/mol. The van der Waals surface area contributed by atoms with Gasteiger partial charge in [-0.1, -0.05) is 20.3 Å². The van der Waals surface area contributed by atoms with Crippen LogP contribution in [0, 0.1) is 5.92 Å². The smallest absolute Gasteiger partial charge is 0.0165 e. The second-order valence-corrected chi connectivity index (χ2v) is 5.27. The van der Waals surface area contributed by atoms with Crippen LogP contribution in [-0.2, 0) is 0 Å². The zero-order valence-corrected chi connectivity index (χ0v) is 10.3. The molecule has 2 nitrogen and oxygen atoms in total. The molecule has 2 heteroatoms. The summed E-state index contributed by atoms with van der Waals surface area (Å²) >= 11 is 0. The SMILES string of the molecule is CCC(C)CN1CCNCCC1(C)C. The average molecular weight is 198 g/mol. The Hall–Kier alpha value is -0.0800. The van der Waals surface area contributed by atoms with Crippen LogP contribution in [0.25, 0.3) is 0 Å². The van der Waals surface area contributed by atoms with Gasteiger partial charge in [0.25, 0.3) is 0 Å². The fourth-order valence-corrected chi connectivity index (χ4v) is 2.04. The second kappa shape index (κ2) is 5.13. The maximum atomic E-state index is 3.48. The van der Waals surface area contributed by atoms with Crippen LogP contribution in [0.15, 0.2) is 0 Å². The summed E-state index contributed by atoms with van der Waals surface area (Å²) < 4.78 is 0. The number of nitrogens with one attached hydrogen (secondary N) is 1. The van der Waals surface area contributed by atoms with E-state index in [9.17, 15) is 0 Å². The second-order valence-electron chi connectivity index (χ2n) is 5.27. The lowest BCUT2D eigenvalue weighted by Gasteiger charge is -2.38. The normalized spacial score (nSPS) is 25.7. The van der Waals surface area contributed by atoms with Gasteiger partial charge in [-0.3, -0.25) is 4.90 Å². The molecule has 1 unspecified atom stereocenters. The molecule has 0 amide bonds. The summed E-state index contributed by atoms with van der Waals surface area (Å²) in [4.78, 5) is 2.65. The van der Waals surface area contributed by atoms with Crippen molar-refractivity contribution in [2.75, 3.05) is 26.2 Å². The number of hydrogen-bond donors (Lipinski definition) is 1. The van der Waals surface area contributed by atoms with Crippen molar-refractivity contribution in [3.05, 3.63) is 0 Å². The summed E-state index contributed by atoms with van der Waals surface area (Å²) in [5.41, 5.74) is 0.382. The van der Waals surface area contributed by atoms with Crippen LogP contribution < -0.4 is 5.32 Å². The van der Waals surface area contributed by atoms with Gasteiger partial charge in [0.05, 0.1) is 0 Å². The van der Waals surface area contributed by atoms with Gasteiger partial charge in [-0.15, -0.1) is 0 Å². The third-order valence-electron chi connectivity index (χ3n) is 3.56. The van der Waals surface area contributed by atoms with E-state index in [2.05, 4.69) is 37.9 Å². The van der Waals surface area contributed by atoms with E-state index in [1.54, 1.807) is 0 Å². The minimum absolute atomic E-state index is 0.382. The van der Waals surface area contributed by atoms with Gasteiger partial charge in [-0.2, -0.15) is 0 Å². The molecule has 0 aliphatic carbocycles. The maximum Gasteiger partial charge on any atom is 0.0165 e. The molecule has 1 fully saturated rings. The summed E-state index contributed by atoms with van der Waals surface area (Å²) in [7, 11) is 0. The molecule has 1 atom stereocenters. The molecule has 0 aromatic carbocycles. The van der Waals surface area contributed by atoms with Gasteiger partial charge in [0, 0.05) is 25.2 Å². The van der Waals surface area contributed by atoms with Crippen molar-refractivity contribution in [2.24, 2.45) is 5.92 Å². The highest BCUT2D eigenvalue weighted by Gasteiger charge is 2.28. The first-order valence-electron chi connectivity index (χ1n) is 6.02. The molecule has 0 saturated carbocycles. The Bertz CT molecular complexity index is 166. The molecule has 14 heavy (non-hydrogen) atoms. The van der Waals surface area contributed by atoms with E-state index in [0.29, 0.717) is 5.54 Å². The number of nitrogens with zero attached hydrogens (tertiary/aromatic N) is 1. The minimum Gasteiger partial charge on any atom is -0.315 e. The third-order valence-corrected chi connectivity index (χ3v) is 3.56. The highest BCUT2D eigenvalue weighted by Crippen LogP contribution is 2.21. The van der Waals surface area contributed by atoms with Crippen molar-refractivity contribution in [2.45, 2.75) is 46.1 Å². The first-order chi connectivity index (χ1) is 6.56. The van der Waals surface area contributed by atoms with Crippen LogP contribution in [0.2, 0.25) is 0 Å². The number of hydrogen-bond acceptors (Lipinski definition) is 2. The summed E-state index contributed by atoms with van der Waals surface area (Å²) in [6.07, 6.45) is 2.56. The minimum atomic E-state index is 0.382. The molecular formula is C12H26N2. The number of rotatable bonds is 3. The quantitative estimate of drug-likeness (QED) is 0.747. The molecule has 0 aromatic rings. The van der Waals surface area contributed by atoms with Crippen molar-refractivity contribution in [1.82, 2.24) is 10.2 Å². The van der Waals surface area contributed by atoms with Gasteiger partial charge in [0.2, 0.25) is 0 Å². The van der Waals surface area contributed by atoms with Crippen LogP contribution in [0.4, 0.5) is 0 Å². The molecule has 1 aliphatic heterocycles. The first-order valence-corrected chi connectivity index (χ1v) is 6.02. The molecule has 1 saturated heterocycles. The topological polar surface area (TPSA) is 15.3 Å². The Morgan fingerprint density at radius 1 is 1.36 bits per heavy atom. The lowest BCUT2D eigenvalue weighted by atomic mass is 9.96. The molecule has 0 bridgehead atoms. The van der Waals surface area contributed by atoms with Gasteiger partial charge >= 0.3 is 0 Å². The van der Waals surface area contributed by atoms with Crippen LogP contribution in [0.5, 0.6) is 0 Å². The van der Waals surface area contributed by atoms with Gasteiger partial charge in [0.1, 0.15) is 0 Å². The Labute approximate surface area is 89.1 Å². The highest BCUT2D eigenvalue weighted by molar-refractivity contribution is 4.85. The summed E-state index contributed by atoms with van der Waals surface area (Å²) in [6, 6.07) is 0. The molecule has 0 spiro atoms. The summed E-state index contributed by atoms with van der Waals surface area (Å²) in [5.74, 6) is 0.826. The van der Waals surface area contributed by atoms with Crippen molar-refractivity contribution in [3.63, 3.8) is 0 Å². The largest absolute Gasteiger partial charge is 0.315 e. The van der Waals surface area contributed by atoms with Crippen molar-refractivity contribution in [3.8, 4) is 0 Å². The average Bonchev–Trinajstić information content (AvgIpc) is 2.29. The molecule has 0 aromatic heterocycles. The zero-order valence-electron chi connectivity index (χ0n) is 10.3. The fourth-order valence-electron chi connectivity index (χ4n) is 2.04. The van der Waals surface area contributed by atoms with E-state index < -0.39 is 0 Å². The maximum absolute atomic E-state index is 3.48. The van der Waals surface area contributed by atoms with Crippen LogP contribution in [0.1, 0.15) is 40.5 Å². The Morgan fingerprint density at radius 2 is 2.07 bits per heavy atom. The van der Waals surface area contributed by atoms with Gasteiger partial charge in [-0.25, -0.2) is 0 Å². The summed E-state index contributed by atoms with van der Waals surface area (Å²) in [6.45, 7) is 14.2. The van der Waals surface area contributed by atoms with Gasteiger partial charge < -0.3 is 5.32 Å². The predicted octanol–water partition coefficient (Wildman–Crippen LogP) is 2.11. The standard InChI is InChI=1S/C12H26N2/c1-5-11(2)10-14-9-8-13-7-6-12(14,3)4/h11,13H,5-10H2,1-4H3. The van der Waals surface area contributed by atoms with Crippen molar-refractivity contribution in [1.29, 1.82) is 0 Å². The Kier molecular flexibility index (Phi) is 4.39. The van der Waals surface area contributed by atoms with E-state index in [4.69, 9.17) is 0 Å². The van der Waals surface area contributed by atoms with Crippen LogP contribution in [-0.4, -0.2) is 36.6 Å². The van der Waals surface area contributed by atoms with Crippen LogP contribution >= 0.6 is 0 Å². The van der Waals surface area contributed by atoms with E-state index >= 15 is 0 Å². The van der Waals surface area contributed by atoms with Crippen molar-refractivity contribution >= 4 is 0 Å². The van der Waals surface area contributed by atoms with Crippen LogP contribution in [0.3, 0.4) is 0 Å². The Balaban J connectivity index is 2.53. The van der Waals surface area contributed by atoms with E-state index in [1.807, 2.05) is 0 Å². The molecule has 0 radical (unpaired) electrons. The third kappa shape index (κ3) is 3.25. The molecule has 1 rings (SSSR count). The van der Waals surface area contributed by atoms with Gasteiger partial charge in [-0.05, 0) is 32.7 Å². The van der Waals surface area contributed by atoms with Crippen molar-refractivity contribution < 1.29 is 0 Å². The van der Waals surface area contributed by atoms with E-state index in [0.717, 1.165) is 12.5 Å².